The van der Waals surface area contributed by atoms with E-state index in [2.05, 4.69) is 10.3 Å². The maximum atomic E-state index is 11.7. The number of carboxylic acid groups (broad SMARTS) is 1. The summed E-state index contributed by atoms with van der Waals surface area (Å²) < 4.78 is 0. The van der Waals surface area contributed by atoms with Gasteiger partial charge in [-0.1, -0.05) is 6.07 Å². The molecule has 1 aromatic rings. The average molecular weight is 260 g/mol. The van der Waals surface area contributed by atoms with E-state index in [1.165, 1.54) is 6.08 Å². The van der Waals surface area contributed by atoms with Gasteiger partial charge in [0.2, 0.25) is 5.91 Å². The zero-order valence-corrected chi connectivity index (χ0v) is 10.5. The topological polar surface area (TPSA) is 79.3 Å². The summed E-state index contributed by atoms with van der Waals surface area (Å²) in [4.78, 5) is 26.4. The molecule has 19 heavy (non-hydrogen) atoms. The van der Waals surface area contributed by atoms with Crippen molar-refractivity contribution < 1.29 is 14.7 Å². The lowest BCUT2D eigenvalue weighted by Gasteiger charge is -2.10. The second-order valence-electron chi connectivity index (χ2n) is 4.67. The summed E-state index contributed by atoms with van der Waals surface area (Å²) in [6.45, 7) is 0. The minimum atomic E-state index is -0.775. The van der Waals surface area contributed by atoms with Crippen LogP contribution in [0.2, 0.25) is 0 Å². The number of amides is 1. The number of pyridine rings is 1. The van der Waals surface area contributed by atoms with Gasteiger partial charge in [0.05, 0.1) is 5.92 Å². The summed E-state index contributed by atoms with van der Waals surface area (Å²) in [5.74, 6) is -1.30. The molecule has 1 heterocycles. The van der Waals surface area contributed by atoms with Crippen LogP contribution >= 0.6 is 0 Å². The highest BCUT2D eigenvalue weighted by Crippen LogP contribution is 2.25. The standard InChI is InChI=1S/C14H16N2O3/c17-13(6-3-10-2-1-7-15-9-10)16-12-5-4-11(8-12)14(18)19/h1-3,6-7,9,11-12H,4-5,8H2,(H,16,17)(H,18,19)/b6-3+/t11-,12+/m1/s1. The van der Waals surface area contributed by atoms with E-state index in [-0.39, 0.29) is 17.9 Å². The van der Waals surface area contributed by atoms with Gasteiger partial charge in [0.1, 0.15) is 0 Å². The van der Waals surface area contributed by atoms with Gasteiger partial charge < -0.3 is 10.4 Å². The first kappa shape index (κ1) is 13.3. The van der Waals surface area contributed by atoms with E-state index in [4.69, 9.17) is 5.11 Å². The minimum Gasteiger partial charge on any atom is -0.481 e. The van der Waals surface area contributed by atoms with E-state index in [1.54, 1.807) is 24.5 Å². The van der Waals surface area contributed by atoms with E-state index < -0.39 is 5.97 Å². The van der Waals surface area contributed by atoms with Crippen molar-refractivity contribution in [2.24, 2.45) is 5.92 Å². The third kappa shape index (κ3) is 3.91. The molecule has 0 radical (unpaired) electrons. The molecule has 0 saturated heterocycles. The number of nitrogens with zero attached hydrogens (tertiary/aromatic N) is 1. The molecule has 0 spiro atoms. The molecular weight excluding hydrogens is 244 g/mol. The fourth-order valence-electron chi connectivity index (χ4n) is 2.23. The van der Waals surface area contributed by atoms with Crippen LogP contribution in [0.4, 0.5) is 0 Å². The summed E-state index contributed by atoms with van der Waals surface area (Å²) >= 11 is 0. The third-order valence-electron chi connectivity index (χ3n) is 3.24. The first-order valence-electron chi connectivity index (χ1n) is 6.26. The molecule has 1 amide bonds. The molecule has 0 unspecified atom stereocenters. The molecular formula is C14H16N2O3. The van der Waals surface area contributed by atoms with Crippen LogP contribution in [0.25, 0.3) is 6.08 Å². The minimum absolute atomic E-state index is 0.0350. The van der Waals surface area contributed by atoms with Crippen molar-refractivity contribution in [1.82, 2.24) is 10.3 Å². The third-order valence-corrected chi connectivity index (χ3v) is 3.24. The second kappa shape index (κ2) is 6.13. The van der Waals surface area contributed by atoms with E-state index >= 15 is 0 Å². The van der Waals surface area contributed by atoms with Crippen LogP contribution in [0, 0.1) is 5.92 Å². The Morgan fingerprint density at radius 1 is 1.42 bits per heavy atom. The Balaban J connectivity index is 1.82. The van der Waals surface area contributed by atoms with Crippen LogP contribution < -0.4 is 5.32 Å². The van der Waals surface area contributed by atoms with E-state index in [1.807, 2.05) is 6.07 Å². The molecule has 0 aliphatic heterocycles. The highest BCUT2D eigenvalue weighted by Gasteiger charge is 2.30. The van der Waals surface area contributed by atoms with Gasteiger partial charge in [-0.25, -0.2) is 0 Å². The number of carboxylic acids is 1. The maximum Gasteiger partial charge on any atom is 0.306 e. The number of rotatable bonds is 4. The predicted molar refractivity (Wildman–Crippen MR) is 70.2 cm³/mol. The number of hydrogen-bond acceptors (Lipinski definition) is 3. The van der Waals surface area contributed by atoms with Crippen LogP contribution in [-0.4, -0.2) is 28.0 Å². The van der Waals surface area contributed by atoms with Gasteiger partial charge in [-0.15, -0.1) is 0 Å². The van der Waals surface area contributed by atoms with Crippen molar-refractivity contribution in [3.05, 3.63) is 36.2 Å². The van der Waals surface area contributed by atoms with Gasteiger partial charge in [-0.3, -0.25) is 14.6 Å². The fraction of sp³-hybridized carbons (Fsp3) is 0.357. The Bertz CT molecular complexity index is 485. The summed E-state index contributed by atoms with van der Waals surface area (Å²) in [7, 11) is 0. The van der Waals surface area contributed by atoms with Crippen molar-refractivity contribution in [2.45, 2.75) is 25.3 Å². The van der Waals surface area contributed by atoms with Crippen LogP contribution in [0.1, 0.15) is 24.8 Å². The number of nitrogens with one attached hydrogen (secondary N) is 1. The van der Waals surface area contributed by atoms with Crippen LogP contribution in [0.3, 0.4) is 0 Å². The lowest BCUT2D eigenvalue weighted by atomic mass is 10.1. The molecule has 2 N–H and O–H groups in total. The quantitative estimate of drug-likeness (QED) is 0.803. The molecule has 5 nitrogen and oxygen atoms in total. The summed E-state index contributed by atoms with van der Waals surface area (Å²) in [5, 5.41) is 11.7. The van der Waals surface area contributed by atoms with E-state index in [0.29, 0.717) is 12.8 Å². The number of carbonyl (C=O) groups is 2. The lowest BCUT2D eigenvalue weighted by molar-refractivity contribution is -0.141. The zero-order valence-electron chi connectivity index (χ0n) is 10.5. The van der Waals surface area contributed by atoms with Gasteiger partial charge in [-0.05, 0) is 37.0 Å². The average Bonchev–Trinajstić information content (AvgIpc) is 2.86. The van der Waals surface area contributed by atoms with Crippen molar-refractivity contribution in [2.75, 3.05) is 0 Å². The summed E-state index contributed by atoms with van der Waals surface area (Å²) in [5.41, 5.74) is 0.854. The molecule has 0 bridgehead atoms. The number of aliphatic carboxylic acids is 1. The van der Waals surface area contributed by atoms with E-state index in [0.717, 1.165) is 12.0 Å². The van der Waals surface area contributed by atoms with Crippen molar-refractivity contribution in [3.63, 3.8) is 0 Å². The molecule has 2 atom stereocenters. The van der Waals surface area contributed by atoms with Crippen molar-refractivity contribution in [1.29, 1.82) is 0 Å². The molecule has 1 aromatic heterocycles. The Kier molecular flexibility index (Phi) is 4.28. The summed E-state index contributed by atoms with van der Waals surface area (Å²) in [6.07, 6.45) is 8.34. The number of hydrogen-bond donors (Lipinski definition) is 2. The lowest BCUT2D eigenvalue weighted by Crippen LogP contribution is -2.31. The van der Waals surface area contributed by atoms with Gasteiger partial charge in [-0.2, -0.15) is 0 Å². The first-order valence-corrected chi connectivity index (χ1v) is 6.26. The van der Waals surface area contributed by atoms with Crippen molar-refractivity contribution in [3.8, 4) is 0 Å². The first-order chi connectivity index (χ1) is 9.15. The van der Waals surface area contributed by atoms with Gasteiger partial charge in [0, 0.05) is 24.5 Å². The number of carbonyl (C=O) groups excluding carboxylic acids is 1. The molecule has 1 fully saturated rings. The predicted octanol–water partition coefficient (Wildman–Crippen LogP) is 1.46. The Labute approximate surface area is 111 Å². The van der Waals surface area contributed by atoms with Gasteiger partial charge in [0.15, 0.2) is 0 Å². The molecule has 2 rings (SSSR count). The fourth-order valence-corrected chi connectivity index (χ4v) is 2.23. The van der Waals surface area contributed by atoms with Gasteiger partial charge in [0.25, 0.3) is 0 Å². The molecule has 0 aromatic carbocycles. The zero-order chi connectivity index (χ0) is 13.7. The van der Waals surface area contributed by atoms with Crippen LogP contribution in [0.5, 0.6) is 0 Å². The number of aromatic nitrogens is 1. The highest BCUT2D eigenvalue weighted by molar-refractivity contribution is 5.91. The summed E-state index contributed by atoms with van der Waals surface area (Å²) in [6, 6.07) is 3.62. The van der Waals surface area contributed by atoms with Crippen LogP contribution in [-0.2, 0) is 9.59 Å². The highest BCUT2D eigenvalue weighted by atomic mass is 16.4. The van der Waals surface area contributed by atoms with Crippen molar-refractivity contribution >= 4 is 18.0 Å². The van der Waals surface area contributed by atoms with Crippen LogP contribution in [0.15, 0.2) is 30.6 Å². The molecule has 1 aliphatic carbocycles. The molecule has 100 valence electrons. The monoisotopic (exact) mass is 260 g/mol. The Morgan fingerprint density at radius 2 is 2.26 bits per heavy atom. The normalized spacial score (nSPS) is 22.5. The van der Waals surface area contributed by atoms with E-state index in [9.17, 15) is 9.59 Å². The molecule has 1 aliphatic rings. The SMILES string of the molecule is O=C(/C=C/c1cccnc1)N[C@H]1CC[C@@H](C(=O)O)C1. The smallest absolute Gasteiger partial charge is 0.306 e. The Morgan fingerprint density at radius 3 is 2.89 bits per heavy atom. The largest absolute Gasteiger partial charge is 0.481 e. The Hall–Kier alpha value is -2.17. The molecule has 1 saturated carbocycles. The molecule has 5 heteroatoms. The maximum absolute atomic E-state index is 11.7. The second-order valence-corrected chi connectivity index (χ2v) is 4.67. The van der Waals surface area contributed by atoms with Gasteiger partial charge >= 0.3 is 5.97 Å².